The van der Waals surface area contributed by atoms with Crippen LogP contribution in [-0.4, -0.2) is 28.0 Å². The van der Waals surface area contributed by atoms with E-state index in [9.17, 15) is 13.0 Å². The molecular weight excluding hydrogens is 494 g/mol. The van der Waals surface area contributed by atoms with Gasteiger partial charge in [-0.2, -0.15) is 8.42 Å². The van der Waals surface area contributed by atoms with Gasteiger partial charge < -0.3 is 0 Å². The van der Waals surface area contributed by atoms with Crippen molar-refractivity contribution in [2.24, 2.45) is 5.41 Å². The van der Waals surface area contributed by atoms with Gasteiger partial charge in [-0.25, -0.2) is 0 Å². The van der Waals surface area contributed by atoms with E-state index in [-0.39, 0.29) is 15.7 Å². The van der Waals surface area contributed by atoms with Gasteiger partial charge >= 0.3 is 0 Å². The fourth-order valence-electron chi connectivity index (χ4n) is 5.60. The van der Waals surface area contributed by atoms with Gasteiger partial charge in [0.15, 0.2) is 0 Å². The molecule has 0 aliphatic heterocycles. The summed E-state index contributed by atoms with van der Waals surface area (Å²) >= 11 is 0. The molecule has 4 aromatic rings. The molecule has 4 rings (SSSR count). The molecule has 0 spiro atoms. The van der Waals surface area contributed by atoms with Gasteiger partial charge in [0.05, 0.1) is 5.69 Å². The Bertz CT molecular complexity index is 1510. The van der Waals surface area contributed by atoms with Crippen LogP contribution in [0.2, 0.25) is 0 Å². The summed E-state index contributed by atoms with van der Waals surface area (Å²) in [7, 11) is -4.46. The Kier molecular flexibility index (Phi) is 7.82. The number of aryl methyl sites for hydroxylation is 1. The first-order valence-electron chi connectivity index (χ1n) is 13.4. The molecule has 0 bridgehead atoms. The Labute approximate surface area is 226 Å². The van der Waals surface area contributed by atoms with Gasteiger partial charge in [-0.15, -0.1) is 15.0 Å². The van der Waals surface area contributed by atoms with Crippen LogP contribution < -0.4 is 0 Å². The van der Waals surface area contributed by atoms with E-state index in [4.69, 9.17) is 10.2 Å². The predicted molar refractivity (Wildman–Crippen MR) is 154 cm³/mol. The third-order valence-corrected chi connectivity index (χ3v) is 7.85. The Hall–Kier alpha value is -3.03. The Morgan fingerprint density at radius 3 is 2.05 bits per heavy atom. The molecule has 0 unspecified atom stereocenters. The molecule has 1 aromatic heterocycles. The molecule has 0 atom stereocenters. The second-order valence-electron chi connectivity index (χ2n) is 12.1. The van der Waals surface area contributed by atoms with Crippen molar-refractivity contribution in [3.63, 3.8) is 0 Å². The van der Waals surface area contributed by atoms with E-state index in [1.165, 1.54) is 6.07 Å². The van der Waals surface area contributed by atoms with Gasteiger partial charge in [0.1, 0.15) is 15.9 Å². The lowest BCUT2D eigenvalue weighted by Crippen LogP contribution is -2.25. The number of unbranched alkanes of at least 4 members (excludes halogenated alkanes) is 2. The lowest BCUT2D eigenvalue weighted by Gasteiger charge is -2.34. The maximum atomic E-state index is 12.5. The SMILES string of the molecule is CCCCCc1cc(C(C)(C)CC(C)(C)C)cc(-n2nc3ccccc3n2)c1-c1ccccc1S(=O)(=O)O. The molecule has 3 aromatic carbocycles. The summed E-state index contributed by atoms with van der Waals surface area (Å²) in [5.74, 6) is 0. The minimum absolute atomic E-state index is 0.112. The van der Waals surface area contributed by atoms with Crippen LogP contribution in [0.25, 0.3) is 27.8 Å². The molecular formula is C31H39N3O3S. The zero-order chi connectivity index (χ0) is 27.7. The smallest absolute Gasteiger partial charge is 0.282 e. The van der Waals surface area contributed by atoms with Crippen LogP contribution >= 0.6 is 0 Å². The van der Waals surface area contributed by atoms with Crippen molar-refractivity contribution in [2.75, 3.05) is 0 Å². The summed E-state index contributed by atoms with van der Waals surface area (Å²) < 4.78 is 35.1. The third kappa shape index (κ3) is 6.16. The van der Waals surface area contributed by atoms with E-state index < -0.39 is 10.1 Å². The van der Waals surface area contributed by atoms with Crippen molar-refractivity contribution in [3.05, 3.63) is 71.8 Å². The molecule has 0 radical (unpaired) electrons. The van der Waals surface area contributed by atoms with E-state index in [0.29, 0.717) is 11.3 Å². The first-order chi connectivity index (χ1) is 17.8. The number of benzene rings is 3. The molecule has 0 aliphatic rings. The Morgan fingerprint density at radius 1 is 0.868 bits per heavy atom. The lowest BCUT2D eigenvalue weighted by molar-refractivity contribution is 0.284. The van der Waals surface area contributed by atoms with Gasteiger partial charge in [0.25, 0.3) is 10.1 Å². The van der Waals surface area contributed by atoms with Crippen LogP contribution in [0.4, 0.5) is 0 Å². The predicted octanol–water partition coefficient (Wildman–Crippen LogP) is 7.78. The van der Waals surface area contributed by atoms with E-state index in [1.54, 1.807) is 23.0 Å². The minimum atomic E-state index is -4.46. The van der Waals surface area contributed by atoms with E-state index >= 15 is 0 Å². The normalized spacial score (nSPS) is 12.8. The Morgan fingerprint density at radius 2 is 1.47 bits per heavy atom. The number of hydrogen-bond acceptors (Lipinski definition) is 4. The quantitative estimate of drug-likeness (QED) is 0.175. The largest absolute Gasteiger partial charge is 0.295 e. The second kappa shape index (κ2) is 10.6. The van der Waals surface area contributed by atoms with Crippen LogP contribution in [0.5, 0.6) is 0 Å². The second-order valence-corrected chi connectivity index (χ2v) is 13.4. The highest BCUT2D eigenvalue weighted by atomic mass is 32.2. The highest BCUT2D eigenvalue weighted by molar-refractivity contribution is 7.86. The first-order valence-corrected chi connectivity index (χ1v) is 14.8. The number of aromatic nitrogens is 3. The van der Waals surface area contributed by atoms with Crippen LogP contribution in [0.15, 0.2) is 65.6 Å². The number of fused-ring (bicyclic) bond motifs is 1. The fourth-order valence-corrected chi connectivity index (χ4v) is 6.30. The molecule has 1 N–H and O–H groups in total. The van der Waals surface area contributed by atoms with E-state index in [1.807, 2.05) is 24.3 Å². The molecule has 6 nitrogen and oxygen atoms in total. The van der Waals surface area contributed by atoms with Crippen molar-refractivity contribution < 1.29 is 13.0 Å². The highest BCUT2D eigenvalue weighted by Crippen LogP contribution is 2.42. The molecule has 0 saturated heterocycles. The van der Waals surface area contributed by atoms with Crippen molar-refractivity contribution in [1.29, 1.82) is 0 Å². The van der Waals surface area contributed by atoms with Crippen LogP contribution in [0, 0.1) is 5.41 Å². The van der Waals surface area contributed by atoms with Crippen LogP contribution in [0.1, 0.15) is 78.4 Å². The van der Waals surface area contributed by atoms with Gasteiger partial charge in [-0.3, -0.25) is 4.55 Å². The zero-order valence-electron chi connectivity index (χ0n) is 23.3. The van der Waals surface area contributed by atoms with Crippen LogP contribution in [-0.2, 0) is 22.0 Å². The number of hydrogen-bond donors (Lipinski definition) is 1. The topological polar surface area (TPSA) is 85.1 Å². The van der Waals surface area contributed by atoms with Gasteiger partial charge in [0, 0.05) is 11.1 Å². The third-order valence-electron chi connectivity index (χ3n) is 6.94. The summed E-state index contributed by atoms with van der Waals surface area (Å²) in [6, 6.07) is 18.7. The molecule has 38 heavy (non-hydrogen) atoms. The molecule has 0 fully saturated rings. The summed E-state index contributed by atoms with van der Waals surface area (Å²) in [4.78, 5) is 1.51. The van der Waals surface area contributed by atoms with Crippen LogP contribution in [0.3, 0.4) is 0 Å². The molecule has 7 heteroatoms. The minimum Gasteiger partial charge on any atom is -0.282 e. The monoisotopic (exact) mass is 533 g/mol. The van der Waals surface area contributed by atoms with E-state index in [2.05, 4.69) is 53.7 Å². The van der Waals surface area contributed by atoms with E-state index in [0.717, 1.165) is 59.8 Å². The molecule has 202 valence electrons. The molecule has 0 amide bonds. The summed E-state index contributed by atoms with van der Waals surface area (Å²) in [6.45, 7) is 13.4. The average molecular weight is 534 g/mol. The highest BCUT2D eigenvalue weighted by Gasteiger charge is 2.30. The zero-order valence-corrected chi connectivity index (χ0v) is 24.1. The molecule has 0 aliphatic carbocycles. The van der Waals surface area contributed by atoms with Crippen molar-refractivity contribution >= 4 is 21.2 Å². The van der Waals surface area contributed by atoms with Gasteiger partial charge in [0.2, 0.25) is 0 Å². The maximum Gasteiger partial charge on any atom is 0.295 e. The van der Waals surface area contributed by atoms with Gasteiger partial charge in [-0.05, 0) is 65.5 Å². The molecule has 0 saturated carbocycles. The standard InChI is InChI=1S/C31H39N3O3S/c1-7-8-9-14-22-19-23(31(5,6)21-30(2,3)4)20-27(34-32-25-16-11-12-17-26(25)33-34)29(22)24-15-10-13-18-28(24)38(35,36)37/h10-13,15-20H,7-9,14,21H2,1-6H3,(H,35,36,37). The summed E-state index contributed by atoms with van der Waals surface area (Å²) in [5.41, 5.74) is 5.57. The number of rotatable bonds is 9. The van der Waals surface area contributed by atoms with Crippen molar-refractivity contribution in [1.82, 2.24) is 15.0 Å². The fraction of sp³-hybridized carbons (Fsp3) is 0.419. The molecule has 1 heterocycles. The maximum absolute atomic E-state index is 12.5. The van der Waals surface area contributed by atoms with Crippen molar-refractivity contribution in [2.45, 2.75) is 84.0 Å². The first kappa shape index (κ1) is 28.0. The average Bonchev–Trinajstić information content (AvgIpc) is 3.26. The summed E-state index contributed by atoms with van der Waals surface area (Å²) in [5, 5.41) is 9.58. The summed E-state index contributed by atoms with van der Waals surface area (Å²) in [6.07, 6.45) is 4.84. The van der Waals surface area contributed by atoms with Crippen molar-refractivity contribution in [3.8, 4) is 16.8 Å². The Balaban J connectivity index is 2.08. The van der Waals surface area contributed by atoms with Gasteiger partial charge in [-0.1, -0.05) is 90.8 Å². The number of nitrogens with zero attached hydrogens (tertiary/aromatic N) is 3. The lowest BCUT2D eigenvalue weighted by atomic mass is 9.71.